The summed E-state index contributed by atoms with van der Waals surface area (Å²) in [6, 6.07) is 1.48. The van der Waals surface area contributed by atoms with Gasteiger partial charge >= 0.3 is 0 Å². The summed E-state index contributed by atoms with van der Waals surface area (Å²) in [5.74, 6) is 1.35. The van der Waals surface area contributed by atoms with E-state index in [-0.39, 0.29) is 5.82 Å². The van der Waals surface area contributed by atoms with Crippen molar-refractivity contribution in [3.05, 3.63) is 35.8 Å². The van der Waals surface area contributed by atoms with E-state index in [4.69, 9.17) is 4.74 Å². The van der Waals surface area contributed by atoms with E-state index in [2.05, 4.69) is 29.4 Å². The zero-order valence-corrected chi connectivity index (χ0v) is 11.5. The number of hydrogen-bond donors (Lipinski definition) is 1. The van der Waals surface area contributed by atoms with Gasteiger partial charge in [0.2, 0.25) is 5.88 Å². The average Bonchev–Trinajstić information content (AvgIpc) is 2.40. The summed E-state index contributed by atoms with van der Waals surface area (Å²) in [6.45, 7) is 3.44. The molecule has 0 spiro atoms. The van der Waals surface area contributed by atoms with Crippen LogP contribution in [0.5, 0.6) is 5.88 Å². The molecule has 0 saturated heterocycles. The predicted molar refractivity (Wildman–Crippen MR) is 73.5 cm³/mol. The van der Waals surface area contributed by atoms with Crippen LogP contribution < -0.4 is 10.1 Å². The third-order valence-corrected chi connectivity index (χ3v) is 3.61. The van der Waals surface area contributed by atoms with Crippen LogP contribution in [0.2, 0.25) is 0 Å². The van der Waals surface area contributed by atoms with E-state index < -0.39 is 0 Å². The minimum Gasteiger partial charge on any atom is -0.477 e. The van der Waals surface area contributed by atoms with E-state index >= 15 is 0 Å². The summed E-state index contributed by atoms with van der Waals surface area (Å²) in [7, 11) is 1.82. The number of allylic oxidation sites excluding steroid dienone is 2. The van der Waals surface area contributed by atoms with Gasteiger partial charge in [-0.15, -0.1) is 0 Å². The van der Waals surface area contributed by atoms with Crippen LogP contribution in [0.4, 0.5) is 4.39 Å². The van der Waals surface area contributed by atoms with E-state index in [1.165, 1.54) is 12.3 Å². The lowest BCUT2D eigenvalue weighted by Crippen LogP contribution is -2.22. The maximum atomic E-state index is 13.2. The van der Waals surface area contributed by atoms with Crippen LogP contribution in [-0.4, -0.2) is 18.6 Å². The Morgan fingerprint density at radius 3 is 2.95 bits per heavy atom. The molecule has 2 unspecified atom stereocenters. The number of aromatic nitrogens is 1. The van der Waals surface area contributed by atoms with Crippen molar-refractivity contribution in [2.24, 2.45) is 11.8 Å². The van der Waals surface area contributed by atoms with E-state index in [9.17, 15) is 4.39 Å². The van der Waals surface area contributed by atoms with Crippen molar-refractivity contribution >= 4 is 0 Å². The van der Waals surface area contributed by atoms with Crippen LogP contribution in [0, 0.1) is 17.7 Å². The highest BCUT2D eigenvalue weighted by atomic mass is 19.1. The fourth-order valence-electron chi connectivity index (χ4n) is 2.34. The molecule has 0 bridgehead atoms. The fraction of sp³-hybridized carbons (Fsp3) is 0.533. The average molecular weight is 264 g/mol. The maximum absolute atomic E-state index is 13.2. The second kappa shape index (κ2) is 6.66. The van der Waals surface area contributed by atoms with Crippen molar-refractivity contribution in [3.63, 3.8) is 0 Å². The van der Waals surface area contributed by atoms with Gasteiger partial charge in [0.1, 0.15) is 5.82 Å². The quantitative estimate of drug-likeness (QED) is 0.830. The largest absolute Gasteiger partial charge is 0.477 e. The zero-order chi connectivity index (χ0) is 13.7. The highest BCUT2D eigenvalue weighted by Gasteiger charge is 2.19. The lowest BCUT2D eigenvalue weighted by molar-refractivity contribution is 0.191. The van der Waals surface area contributed by atoms with Gasteiger partial charge in [-0.25, -0.2) is 9.37 Å². The van der Waals surface area contributed by atoms with E-state index in [1.807, 2.05) is 7.05 Å². The van der Waals surface area contributed by atoms with Gasteiger partial charge in [0.05, 0.1) is 12.8 Å². The van der Waals surface area contributed by atoms with Crippen molar-refractivity contribution in [2.45, 2.75) is 26.3 Å². The van der Waals surface area contributed by atoms with Crippen LogP contribution >= 0.6 is 0 Å². The third kappa shape index (κ3) is 3.77. The van der Waals surface area contributed by atoms with Gasteiger partial charge in [-0.3, -0.25) is 0 Å². The van der Waals surface area contributed by atoms with Crippen LogP contribution in [0.15, 0.2) is 24.4 Å². The van der Waals surface area contributed by atoms with Gasteiger partial charge in [-0.1, -0.05) is 19.1 Å². The number of halogens is 1. The summed E-state index contributed by atoms with van der Waals surface area (Å²) in [6.07, 6.45) is 7.79. The minimum absolute atomic E-state index is 0.327. The molecule has 1 aliphatic rings. The first-order valence-corrected chi connectivity index (χ1v) is 6.77. The topological polar surface area (TPSA) is 34.2 Å². The van der Waals surface area contributed by atoms with Crippen LogP contribution in [0.25, 0.3) is 0 Å². The Balaban J connectivity index is 2.00. The SMILES string of the molecule is CNCc1cc(F)cnc1OCC1CC=CCC1C. The predicted octanol–water partition coefficient (Wildman–Crippen LogP) is 2.92. The molecule has 104 valence electrons. The molecule has 2 rings (SSSR count). The van der Waals surface area contributed by atoms with Crippen molar-refractivity contribution in [1.82, 2.24) is 10.3 Å². The number of pyridine rings is 1. The molecule has 0 fully saturated rings. The van der Waals surface area contributed by atoms with E-state index in [0.717, 1.165) is 18.4 Å². The number of nitrogens with one attached hydrogen (secondary N) is 1. The third-order valence-electron chi connectivity index (χ3n) is 3.61. The molecule has 1 aliphatic carbocycles. The molecular weight excluding hydrogens is 243 g/mol. The summed E-state index contributed by atoms with van der Waals surface area (Å²) in [5, 5.41) is 3.00. The minimum atomic E-state index is -0.327. The molecule has 0 amide bonds. The summed E-state index contributed by atoms with van der Waals surface area (Å²) in [4.78, 5) is 4.05. The Morgan fingerprint density at radius 2 is 2.21 bits per heavy atom. The van der Waals surface area contributed by atoms with Gasteiger partial charge in [0.25, 0.3) is 0 Å². The molecule has 2 atom stereocenters. The first-order valence-electron chi connectivity index (χ1n) is 6.77. The number of rotatable bonds is 5. The zero-order valence-electron chi connectivity index (χ0n) is 11.5. The van der Waals surface area contributed by atoms with E-state index in [1.54, 1.807) is 0 Å². The second-order valence-electron chi connectivity index (χ2n) is 5.14. The summed E-state index contributed by atoms with van der Waals surface area (Å²) >= 11 is 0. The molecule has 1 N–H and O–H groups in total. The van der Waals surface area contributed by atoms with Crippen molar-refractivity contribution in [2.75, 3.05) is 13.7 Å². The Morgan fingerprint density at radius 1 is 1.42 bits per heavy atom. The van der Waals surface area contributed by atoms with Gasteiger partial charge < -0.3 is 10.1 Å². The maximum Gasteiger partial charge on any atom is 0.218 e. The van der Waals surface area contributed by atoms with Crippen molar-refractivity contribution in [1.29, 1.82) is 0 Å². The fourth-order valence-corrected chi connectivity index (χ4v) is 2.34. The first kappa shape index (κ1) is 14.0. The van der Waals surface area contributed by atoms with Crippen LogP contribution in [0.3, 0.4) is 0 Å². The van der Waals surface area contributed by atoms with E-state index in [0.29, 0.717) is 30.9 Å². The molecule has 0 aliphatic heterocycles. The Kier molecular flexibility index (Phi) is 4.91. The van der Waals surface area contributed by atoms with Crippen molar-refractivity contribution < 1.29 is 9.13 Å². The molecule has 19 heavy (non-hydrogen) atoms. The molecule has 1 aromatic heterocycles. The van der Waals surface area contributed by atoms with Crippen molar-refractivity contribution in [3.8, 4) is 5.88 Å². The monoisotopic (exact) mass is 264 g/mol. The molecule has 1 aromatic rings. The molecule has 0 saturated carbocycles. The van der Waals surface area contributed by atoms with Gasteiger partial charge in [-0.2, -0.15) is 0 Å². The molecule has 3 nitrogen and oxygen atoms in total. The number of hydrogen-bond acceptors (Lipinski definition) is 3. The Labute approximate surface area is 113 Å². The van der Waals surface area contributed by atoms with Gasteiger partial charge in [0, 0.05) is 12.1 Å². The second-order valence-corrected chi connectivity index (χ2v) is 5.14. The normalized spacial score (nSPS) is 22.5. The smallest absolute Gasteiger partial charge is 0.218 e. The number of ether oxygens (including phenoxy) is 1. The summed E-state index contributed by atoms with van der Waals surface area (Å²) < 4.78 is 19.0. The highest BCUT2D eigenvalue weighted by molar-refractivity contribution is 5.26. The Bertz CT molecular complexity index is 448. The molecular formula is C15H21FN2O. The molecule has 4 heteroatoms. The van der Waals surface area contributed by atoms with Gasteiger partial charge in [-0.05, 0) is 37.8 Å². The molecule has 1 heterocycles. The molecule has 0 radical (unpaired) electrons. The molecule has 0 aromatic carbocycles. The first-order chi connectivity index (χ1) is 9.20. The summed E-state index contributed by atoms with van der Waals surface area (Å²) in [5.41, 5.74) is 0.765. The Hall–Kier alpha value is -1.42. The number of nitrogens with zero attached hydrogens (tertiary/aromatic N) is 1. The van der Waals surface area contributed by atoms with Crippen LogP contribution in [-0.2, 0) is 6.54 Å². The standard InChI is InChI=1S/C15H21FN2O/c1-11-5-3-4-6-12(11)10-19-15-13(8-17-2)7-14(16)9-18-15/h3-4,7,9,11-12,17H,5-6,8,10H2,1-2H3. The lowest BCUT2D eigenvalue weighted by atomic mass is 9.85. The lowest BCUT2D eigenvalue weighted by Gasteiger charge is -2.25. The van der Waals surface area contributed by atoms with Gasteiger partial charge in [0.15, 0.2) is 0 Å². The highest BCUT2D eigenvalue weighted by Crippen LogP contribution is 2.26. The van der Waals surface area contributed by atoms with Crippen LogP contribution in [0.1, 0.15) is 25.3 Å².